The Labute approximate surface area is 139 Å². The maximum absolute atomic E-state index is 12.6. The molecular formula is C16H22N2O6. The Bertz CT molecular complexity index is 709. The molecule has 0 unspecified atom stereocenters. The lowest BCUT2D eigenvalue weighted by atomic mass is 9.99. The maximum atomic E-state index is 12.6. The molecule has 0 saturated heterocycles. The minimum Gasteiger partial charge on any atom is -0.503 e. The Kier molecular flexibility index (Phi) is 5.28. The van der Waals surface area contributed by atoms with Gasteiger partial charge >= 0.3 is 5.97 Å². The second-order valence-electron chi connectivity index (χ2n) is 6.31. The number of aromatic hydroxyl groups is 1. The molecule has 8 heteroatoms. The zero-order chi connectivity index (χ0) is 18.0. The number of nitrogens with zero attached hydrogens (tertiary/aromatic N) is 2. The number of pyridine rings is 1. The first-order valence-corrected chi connectivity index (χ1v) is 7.77. The molecule has 1 atom stereocenters. The van der Waals surface area contributed by atoms with Gasteiger partial charge in [-0.25, -0.2) is 4.79 Å². The highest BCUT2D eigenvalue weighted by Gasteiger charge is 2.35. The molecular weight excluding hydrogens is 316 g/mol. The molecule has 0 aromatic carbocycles. The molecule has 0 radical (unpaired) electrons. The Hall–Kier alpha value is -2.35. The minimum absolute atomic E-state index is 0.155. The van der Waals surface area contributed by atoms with Crippen LogP contribution in [0.1, 0.15) is 47.2 Å². The van der Waals surface area contributed by atoms with Gasteiger partial charge in [0.05, 0.1) is 12.6 Å². The fourth-order valence-corrected chi connectivity index (χ4v) is 2.97. The molecule has 2 rings (SSSR count). The third-order valence-corrected chi connectivity index (χ3v) is 4.06. The molecule has 24 heavy (non-hydrogen) atoms. The highest BCUT2D eigenvalue weighted by atomic mass is 16.5. The second kappa shape index (κ2) is 7.04. The van der Waals surface area contributed by atoms with Crippen LogP contribution in [-0.2, 0) is 4.74 Å². The van der Waals surface area contributed by atoms with E-state index >= 15 is 0 Å². The van der Waals surface area contributed by atoms with Crippen molar-refractivity contribution in [1.29, 1.82) is 0 Å². The van der Waals surface area contributed by atoms with Gasteiger partial charge in [-0.2, -0.15) is 0 Å². The van der Waals surface area contributed by atoms with Crippen LogP contribution in [0.5, 0.6) is 5.75 Å². The number of hydrogen-bond donors (Lipinski definition) is 2. The van der Waals surface area contributed by atoms with Crippen molar-refractivity contribution in [2.75, 3.05) is 26.8 Å². The first-order valence-electron chi connectivity index (χ1n) is 7.77. The summed E-state index contributed by atoms with van der Waals surface area (Å²) in [6.07, 6.45) is 1.84. The van der Waals surface area contributed by atoms with Crippen LogP contribution in [0.15, 0.2) is 11.0 Å². The van der Waals surface area contributed by atoms with Crippen molar-refractivity contribution >= 4 is 11.9 Å². The van der Waals surface area contributed by atoms with Crippen LogP contribution in [0.3, 0.4) is 0 Å². The molecule has 8 nitrogen and oxygen atoms in total. The fraction of sp³-hybridized carbons (Fsp3) is 0.562. The summed E-state index contributed by atoms with van der Waals surface area (Å²) < 4.78 is 6.44. The van der Waals surface area contributed by atoms with Crippen molar-refractivity contribution in [3.63, 3.8) is 0 Å². The molecule has 0 saturated carbocycles. The van der Waals surface area contributed by atoms with Gasteiger partial charge in [0.25, 0.3) is 5.91 Å². The van der Waals surface area contributed by atoms with Crippen molar-refractivity contribution in [2.45, 2.75) is 26.3 Å². The predicted molar refractivity (Wildman–Crippen MR) is 85.6 cm³/mol. The van der Waals surface area contributed by atoms with Gasteiger partial charge in [-0.05, 0) is 12.3 Å². The van der Waals surface area contributed by atoms with E-state index in [2.05, 4.69) is 0 Å². The van der Waals surface area contributed by atoms with E-state index in [0.29, 0.717) is 26.1 Å². The number of amides is 1. The Morgan fingerprint density at radius 1 is 1.42 bits per heavy atom. The molecule has 2 N–H and O–H groups in total. The molecule has 1 aromatic heterocycles. The lowest BCUT2D eigenvalue weighted by molar-refractivity contribution is 0.0573. The van der Waals surface area contributed by atoms with Gasteiger partial charge in [-0.3, -0.25) is 9.59 Å². The summed E-state index contributed by atoms with van der Waals surface area (Å²) in [7, 11) is 1.52. The summed E-state index contributed by atoms with van der Waals surface area (Å²) in [5, 5.41) is 19.3. The highest BCUT2D eigenvalue weighted by Crippen LogP contribution is 2.30. The smallest absolute Gasteiger partial charge is 0.341 e. The van der Waals surface area contributed by atoms with Gasteiger partial charge in [0.2, 0.25) is 5.43 Å². The monoisotopic (exact) mass is 338 g/mol. The number of carboxylic acid groups (broad SMARTS) is 1. The van der Waals surface area contributed by atoms with Gasteiger partial charge in [0, 0.05) is 26.4 Å². The Morgan fingerprint density at radius 2 is 2.08 bits per heavy atom. The van der Waals surface area contributed by atoms with Gasteiger partial charge in [-0.15, -0.1) is 0 Å². The zero-order valence-corrected chi connectivity index (χ0v) is 14.0. The number of ether oxygens (including phenoxy) is 1. The normalized spacial score (nSPS) is 17.2. The number of carboxylic acids is 1. The van der Waals surface area contributed by atoms with E-state index in [1.165, 1.54) is 22.8 Å². The van der Waals surface area contributed by atoms with Crippen LogP contribution in [0, 0.1) is 5.92 Å². The first kappa shape index (κ1) is 18.0. The molecule has 1 aromatic rings. The SMILES string of the molecule is COCCN1C[C@H](CC(C)C)n2cc(C(=O)O)c(=O)c(O)c2C1=O. The topological polar surface area (TPSA) is 109 Å². The van der Waals surface area contributed by atoms with E-state index in [1.54, 1.807) is 0 Å². The van der Waals surface area contributed by atoms with Gasteiger partial charge in [0.15, 0.2) is 11.4 Å². The third-order valence-electron chi connectivity index (χ3n) is 4.06. The van der Waals surface area contributed by atoms with E-state index in [-0.39, 0.29) is 17.7 Å². The van der Waals surface area contributed by atoms with Crippen LogP contribution in [0.25, 0.3) is 0 Å². The molecule has 2 heterocycles. The quantitative estimate of drug-likeness (QED) is 0.799. The second-order valence-corrected chi connectivity index (χ2v) is 6.31. The summed E-state index contributed by atoms with van der Waals surface area (Å²) in [6.45, 7) is 5.05. The lowest BCUT2D eigenvalue weighted by Crippen LogP contribution is -2.46. The van der Waals surface area contributed by atoms with Crippen LogP contribution in [0.2, 0.25) is 0 Å². The summed E-state index contributed by atoms with van der Waals surface area (Å²) in [5.74, 6) is -2.45. The Morgan fingerprint density at radius 3 is 2.62 bits per heavy atom. The Balaban J connectivity index is 2.59. The van der Waals surface area contributed by atoms with Crippen LogP contribution < -0.4 is 5.43 Å². The van der Waals surface area contributed by atoms with Gasteiger partial charge in [0.1, 0.15) is 5.56 Å². The van der Waals surface area contributed by atoms with Crippen LogP contribution in [0.4, 0.5) is 0 Å². The van der Waals surface area contributed by atoms with Gasteiger partial charge < -0.3 is 24.4 Å². The van der Waals surface area contributed by atoms with Crippen molar-refractivity contribution in [3.05, 3.63) is 27.7 Å². The first-order chi connectivity index (χ1) is 11.3. The zero-order valence-electron chi connectivity index (χ0n) is 14.0. The summed E-state index contributed by atoms with van der Waals surface area (Å²) in [5.41, 5.74) is -1.74. The lowest BCUT2D eigenvalue weighted by Gasteiger charge is -2.37. The summed E-state index contributed by atoms with van der Waals surface area (Å²) >= 11 is 0. The average molecular weight is 338 g/mol. The number of hydrogen-bond acceptors (Lipinski definition) is 5. The van der Waals surface area contributed by atoms with Crippen molar-refractivity contribution in [1.82, 2.24) is 9.47 Å². The van der Waals surface area contributed by atoms with Gasteiger partial charge in [-0.1, -0.05) is 13.8 Å². The molecule has 1 aliphatic heterocycles. The largest absolute Gasteiger partial charge is 0.503 e. The number of carbonyl (C=O) groups is 2. The molecule has 0 bridgehead atoms. The minimum atomic E-state index is -1.43. The molecule has 0 spiro atoms. The van der Waals surface area contributed by atoms with E-state index in [4.69, 9.17) is 9.84 Å². The number of aromatic nitrogens is 1. The molecule has 132 valence electrons. The predicted octanol–water partition coefficient (Wildman–Crippen LogP) is 0.942. The molecule has 0 fully saturated rings. The third kappa shape index (κ3) is 3.28. The number of carbonyl (C=O) groups excluding carboxylic acids is 1. The van der Waals surface area contributed by atoms with E-state index in [0.717, 1.165) is 0 Å². The standard InChI is InChI=1S/C16H22N2O6/c1-9(2)6-10-7-17(4-5-24-3)15(21)12-14(20)13(19)11(16(22)23)8-18(10)12/h8-10,20H,4-7H2,1-3H3,(H,22,23)/t10-/m0/s1. The summed E-state index contributed by atoms with van der Waals surface area (Å²) in [4.78, 5) is 37.4. The van der Waals surface area contributed by atoms with E-state index in [9.17, 15) is 19.5 Å². The molecule has 1 amide bonds. The highest BCUT2D eigenvalue weighted by molar-refractivity contribution is 5.97. The number of fused-ring (bicyclic) bond motifs is 1. The number of aromatic carboxylic acids is 1. The number of methoxy groups -OCH3 is 1. The maximum Gasteiger partial charge on any atom is 0.341 e. The average Bonchev–Trinajstić information content (AvgIpc) is 2.50. The van der Waals surface area contributed by atoms with Crippen LogP contribution in [-0.4, -0.2) is 58.4 Å². The molecule has 1 aliphatic rings. The van der Waals surface area contributed by atoms with E-state index in [1.807, 2.05) is 13.8 Å². The fourth-order valence-electron chi connectivity index (χ4n) is 2.97. The summed E-state index contributed by atoms with van der Waals surface area (Å²) in [6, 6.07) is -0.223. The number of rotatable bonds is 6. The van der Waals surface area contributed by atoms with Crippen molar-refractivity contribution in [3.8, 4) is 5.75 Å². The van der Waals surface area contributed by atoms with Crippen molar-refractivity contribution in [2.24, 2.45) is 5.92 Å². The van der Waals surface area contributed by atoms with Crippen LogP contribution >= 0.6 is 0 Å². The van der Waals surface area contributed by atoms with E-state index < -0.39 is 28.6 Å². The van der Waals surface area contributed by atoms with Crippen molar-refractivity contribution < 1.29 is 24.5 Å². The molecule has 0 aliphatic carbocycles.